The molecule has 6 heteroatoms. The molecule has 0 rings (SSSR count). The third kappa shape index (κ3) is 5.34. The van der Waals surface area contributed by atoms with Crippen LogP contribution in [0.3, 0.4) is 0 Å². The van der Waals surface area contributed by atoms with Gasteiger partial charge in [0.05, 0.1) is 6.04 Å². The van der Waals surface area contributed by atoms with E-state index in [-0.39, 0.29) is 0 Å². The number of nitrogens with two attached hydrogens (primary N) is 1. The van der Waals surface area contributed by atoms with Crippen LogP contribution in [0.4, 0.5) is 0 Å². The Morgan fingerprint density at radius 1 is 1.33 bits per heavy atom. The van der Waals surface area contributed by atoms with Gasteiger partial charge in [-0.25, -0.2) is 0 Å². The van der Waals surface area contributed by atoms with Crippen LogP contribution in [0.25, 0.3) is 0 Å². The number of nitrogens with one attached hydrogen (secondary N) is 2. The van der Waals surface area contributed by atoms with Crippen LogP contribution in [0.5, 0.6) is 0 Å². The van der Waals surface area contributed by atoms with Gasteiger partial charge in [0.25, 0.3) is 0 Å². The van der Waals surface area contributed by atoms with E-state index in [9.17, 15) is 9.59 Å². The number of carboxylic acids is 1. The fraction of sp³-hybridized carbons (Fsp3) is 0.778. The first kappa shape index (κ1) is 13.9. The largest absolute Gasteiger partial charge is 0.480 e. The van der Waals surface area contributed by atoms with Gasteiger partial charge in [-0.3, -0.25) is 9.59 Å². The van der Waals surface area contributed by atoms with Crippen LogP contribution >= 0.6 is 0 Å². The van der Waals surface area contributed by atoms with Crippen molar-refractivity contribution in [3.63, 3.8) is 0 Å². The number of primary amides is 1. The summed E-state index contributed by atoms with van der Waals surface area (Å²) in [6.07, 6.45) is 0.785. The van der Waals surface area contributed by atoms with E-state index >= 15 is 0 Å². The molecule has 5 N–H and O–H groups in total. The van der Waals surface area contributed by atoms with Crippen LogP contribution in [-0.2, 0) is 9.59 Å². The molecular formula is C9H19N3O3. The lowest BCUT2D eigenvalue weighted by molar-refractivity contribution is -0.139. The van der Waals surface area contributed by atoms with Crippen molar-refractivity contribution in [3.8, 4) is 0 Å². The highest BCUT2D eigenvalue weighted by molar-refractivity contribution is 5.80. The Hall–Kier alpha value is -1.14. The maximum Gasteiger partial charge on any atom is 0.320 e. The summed E-state index contributed by atoms with van der Waals surface area (Å²) in [5, 5.41) is 14.4. The molecule has 2 atom stereocenters. The second-order valence-corrected chi connectivity index (χ2v) is 3.27. The van der Waals surface area contributed by atoms with Gasteiger partial charge in [-0.2, -0.15) is 0 Å². The van der Waals surface area contributed by atoms with Crippen molar-refractivity contribution in [2.24, 2.45) is 5.73 Å². The molecule has 0 saturated heterocycles. The first-order valence-electron chi connectivity index (χ1n) is 4.95. The van der Waals surface area contributed by atoms with Gasteiger partial charge in [0.2, 0.25) is 5.91 Å². The van der Waals surface area contributed by atoms with Crippen molar-refractivity contribution < 1.29 is 14.7 Å². The lowest BCUT2D eigenvalue weighted by atomic mass is 10.1. The highest BCUT2D eigenvalue weighted by Gasteiger charge is 2.19. The SMILES string of the molecule is CCNC(CCC(NC)C(N)=O)C(=O)O. The summed E-state index contributed by atoms with van der Waals surface area (Å²) in [4.78, 5) is 21.6. The van der Waals surface area contributed by atoms with Crippen molar-refractivity contribution in [1.29, 1.82) is 0 Å². The number of likely N-dealkylation sites (N-methyl/N-ethyl adjacent to an activating group) is 2. The van der Waals surface area contributed by atoms with Gasteiger partial charge in [0, 0.05) is 0 Å². The lowest BCUT2D eigenvalue weighted by Crippen LogP contribution is -2.42. The zero-order valence-electron chi connectivity index (χ0n) is 9.12. The average Bonchev–Trinajstić information content (AvgIpc) is 2.16. The van der Waals surface area contributed by atoms with Gasteiger partial charge < -0.3 is 21.5 Å². The van der Waals surface area contributed by atoms with Gasteiger partial charge >= 0.3 is 5.97 Å². The van der Waals surface area contributed by atoms with Crippen LogP contribution in [0.1, 0.15) is 19.8 Å². The van der Waals surface area contributed by atoms with Crippen molar-refractivity contribution >= 4 is 11.9 Å². The molecule has 0 aliphatic rings. The van der Waals surface area contributed by atoms with E-state index in [0.717, 1.165) is 0 Å². The molecule has 0 aromatic carbocycles. The minimum atomic E-state index is -0.906. The zero-order chi connectivity index (χ0) is 11.8. The molecule has 88 valence electrons. The summed E-state index contributed by atoms with van der Waals surface area (Å²) in [7, 11) is 1.62. The number of amides is 1. The quantitative estimate of drug-likeness (QED) is 0.413. The zero-order valence-corrected chi connectivity index (χ0v) is 9.12. The van der Waals surface area contributed by atoms with E-state index < -0.39 is 24.0 Å². The molecule has 0 bridgehead atoms. The molecular weight excluding hydrogens is 198 g/mol. The monoisotopic (exact) mass is 217 g/mol. The second-order valence-electron chi connectivity index (χ2n) is 3.27. The highest BCUT2D eigenvalue weighted by Crippen LogP contribution is 2.02. The van der Waals surface area contributed by atoms with Crippen LogP contribution in [0.15, 0.2) is 0 Å². The van der Waals surface area contributed by atoms with Crippen molar-refractivity contribution in [2.45, 2.75) is 31.8 Å². The molecule has 2 unspecified atom stereocenters. The molecule has 0 aromatic rings. The first-order chi connectivity index (χ1) is 7.02. The van der Waals surface area contributed by atoms with Crippen molar-refractivity contribution in [2.75, 3.05) is 13.6 Å². The van der Waals surface area contributed by atoms with Gasteiger partial charge in [-0.1, -0.05) is 6.92 Å². The summed E-state index contributed by atoms with van der Waals surface area (Å²) in [6.45, 7) is 2.41. The summed E-state index contributed by atoms with van der Waals surface area (Å²) < 4.78 is 0. The molecule has 0 aromatic heterocycles. The summed E-state index contributed by atoms with van der Waals surface area (Å²) in [6, 6.07) is -1.09. The fourth-order valence-electron chi connectivity index (χ4n) is 1.32. The molecule has 1 amide bonds. The standard InChI is InChI=1S/C9H19N3O3/c1-3-12-7(9(14)15)5-4-6(11-2)8(10)13/h6-7,11-12H,3-5H2,1-2H3,(H2,10,13)(H,14,15). The van der Waals surface area contributed by atoms with E-state index in [1.807, 2.05) is 6.92 Å². The van der Waals surface area contributed by atoms with Gasteiger partial charge in [-0.05, 0) is 26.4 Å². The number of rotatable bonds is 8. The summed E-state index contributed by atoms with van der Waals surface area (Å²) in [5.74, 6) is -1.37. The summed E-state index contributed by atoms with van der Waals surface area (Å²) in [5.41, 5.74) is 5.11. The maximum absolute atomic E-state index is 10.9. The van der Waals surface area contributed by atoms with E-state index in [2.05, 4.69) is 10.6 Å². The Balaban J connectivity index is 4.07. The molecule has 15 heavy (non-hydrogen) atoms. The molecule has 0 fully saturated rings. The predicted molar refractivity (Wildman–Crippen MR) is 56.4 cm³/mol. The Kier molecular flexibility index (Phi) is 6.64. The Morgan fingerprint density at radius 3 is 2.20 bits per heavy atom. The number of carboxylic acid groups (broad SMARTS) is 1. The fourth-order valence-corrected chi connectivity index (χ4v) is 1.32. The molecule has 0 heterocycles. The van der Waals surface area contributed by atoms with Crippen molar-refractivity contribution in [1.82, 2.24) is 10.6 Å². The minimum absolute atomic E-state index is 0.373. The molecule has 0 radical (unpaired) electrons. The predicted octanol–water partition coefficient (Wildman–Crippen LogP) is -1.10. The van der Waals surface area contributed by atoms with Gasteiger partial charge in [0.15, 0.2) is 0 Å². The summed E-state index contributed by atoms with van der Waals surface area (Å²) >= 11 is 0. The number of hydrogen-bond acceptors (Lipinski definition) is 4. The number of carbonyl (C=O) groups excluding carboxylic acids is 1. The van der Waals surface area contributed by atoms with E-state index in [1.165, 1.54) is 0 Å². The third-order valence-electron chi connectivity index (χ3n) is 2.18. The molecule has 0 spiro atoms. The average molecular weight is 217 g/mol. The van der Waals surface area contributed by atoms with Crippen LogP contribution in [0, 0.1) is 0 Å². The molecule has 6 nitrogen and oxygen atoms in total. The van der Waals surface area contributed by atoms with E-state index in [4.69, 9.17) is 10.8 Å². The molecule has 0 aliphatic heterocycles. The topological polar surface area (TPSA) is 104 Å². The number of hydrogen-bond donors (Lipinski definition) is 4. The minimum Gasteiger partial charge on any atom is -0.480 e. The third-order valence-corrected chi connectivity index (χ3v) is 2.18. The highest BCUT2D eigenvalue weighted by atomic mass is 16.4. The Labute approximate surface area is 89.2 Å². The lowest BCUT2D eigenvalue weighted by Gasteiger charge is -2.16. The maximum atomic E-state index is 10.9. The van der Waals surface area contributed by atoms with E-state index in [1.54, 1.807) is 7.05 Å². The van der Waals surface area contributed by atoms with E-state index in [0.29, 0.717) is 19.4 Å². The Morgan fingerprint density at radius 2 is 1.87 bits per heavy atom. The van der Waals surface area contributed by atoms with Crippen LogP contribution < -0.4 is 16.4 Å². The van der Waals surface area contributed by atoms with Crippen LogP contribution in [-0.4, -0.2) is 42.7 Å². The Bertz CT molecular complexity index is 221. The second kappa shape index (κ2) is 7.19. The number of carbonyl (C=O) groups is 2. The van der Waals surface area contributed by atoms with Gasteiger partial charge in [-0.15, -0.1) is 0 Å². The van der Waals surface area contributed by atoms with Crippen molar-refractivity contribution in [3.05, 3.63) is 0 Å². The molecule has 0 aliphatic carbocycles. The number of aliphatic carboxylic acids is 1. The normalized spacial score (nSPS) is 14.5. The van der Waals surface area contributed by atoms with Crippen LogP contribution in [0.2, 0.25) is 0 Å². The molecule has 0 saturated carbocycles. The first-order valence-corrected chi connectivity index (χ1v) is 4.95. The van der Waals surface area contributed by atoms with Gasteiger partial charge in [0.1, 0.15) is 6.04 Å². The smallest absolute Gasteiger partial charge is 0.320 e.